The molecule has 2 saturated heterocycles. The fourth-order valence-electron chi connectivity index (χ4n) is 3.46. The third kappa shape index (κ3) is 3.48. The number of aromatic nitrogens is 1. The summed E-state index contributed by atoms with van der Waals surface area (Å²) in [7, 11) is -2.82. The minimum absolute atomic E-state index is 0.283. The van der Waals surface area contributed by atoms with Crippen LogP contribution in [0.15, 0.2) is 12.3 Å². The van der Waals surface area contributed by atoms with Gasteiger partial charge >= 0.3 is 0 Å². The summed E-state index contributed by atoms with van der Waals surface area (Å²) in [6.45, 7) is 4.96. The van der Waals surface area contributed by atoms with Crippen LogP contribution in [0, 0.1) is 18.3 Å². The van der Waals surface area contributed by atoms with Crippen molar-refractivity contribution in [2.45, 2.75) is 25.8 Å². The Morgan fingerprint density at radius 3 is 2.48 bits per heavy atom. The van der Waals surface area contributed by atoms with Crippen molar-refractivity contribution in [2.75, 3.05) is 42.6 Å². The summed E-state index contributed by atoms with van der Waals surface area (Å²) >= 11 is 0. The lowest BCUT2D eigenvalue weighted by atomic mass is 10.0. The minimum atomic E-state index is -2.82. The largest absolute Gasteiger partial charge is 0.355 e. The molecule has 0 spiro atoms. The van der Waals surface area contributed by atoms with E-state index in [0.29, 0.717) is 24.7 Å². The molecule has 2 aliphatic rings. The molecule has 0 atom stereocenters. The van der Waals surface area contributed by atoms with Gasteiger partial charge in [0.2, 0.25) is 0 Å². The van der Waals surface area contributed by atoms with E-state index in [-0.39, 0.29) is 11.5 Å². The Morgan fingerprint density at radius 1 is 1.22 bits per heavy atom. The molecule has 23 heavy (non-hydrogen) atoms. The highest BCUT2D eigenvalue weighted by atomic mass is 32.2. The lowest BCUT2D eigenvalue weighted by molar-refractivity contribution is 0.182. The van der Waals surface area contributed by atoms with Gasteiger partial charge in [0, 0.05) is 38.4 Å². The number of pyridine rings is 1. The van der Waals surface area contributed by atoms with E-state index >= 15 is 0 Å². The maximum Gasteiger partial charge on any atom is 0.152 e. The summed E-state index contributed by atoms with van der Waals surface area (Å²) in [6.07, 6.45) is 3.73. The second-order valence-electron chi connectivity index (χ2n) is 6.34. The van der Waals surface area contributed by atoms with Crippen LogP contribution in [0.4, 0.5) is 5.82 Å². The predicted molar refractivity (Wildman–Crippen MR) is 89.2 cm³/mol. The van der Waals surface area contributed by atoms with Gasteiger partial charge in [-0.3, -0.25) is 4.90 Å². The predicted octanol–water partition coefficient (Wildman–Crippen LogP) is 0.961. The van der Waals surface area contributed by atoms with E-state index in [1.54, 1.807) is 6.20 Å². The first-order valence-electron chi connectivity index (χ1n) is 8.05. The Bertz CT molecular complexity index is 704. The summed E-state index contributed by atoms with van der Waals surface area (Å²) in [5, 5.41) is 9.35. The third-order valence-electron chi connectivity index (χ3n) is 4.91. The van der Waals surface area contributed by atoms with Gasteiger partial charge in [-0.1, -0.05) is 0 Å². The topological polar surface area (TPSA) is 77.3 Å². The Hall–Kier alpha value is -1.65. The summed E-state index contributed by atoms with van der Waals surface area (Å²) in [5.74, 6) is 1.35. The minimum Gasteiger partial charge on any atom is -0.355 e. The van der Waals surface area contributed by atoms with Gasteiger partial charge in [-0.15, -0.1) is 0 Å². The van der Waals surface area contributed by atoms with Crippen LogP contribution in [0.3, 0.4) is 0 Å². The summed E-state index contributed by atoms with van der Waals surface area (Å²) in [4.78, 5) is 8.90. The van der Waals surface area contributed by atoms with Crippen LogP contribution in [0.5, 0.6) is 0 Å². The van der Waals surface area contributed by atoms with Gasteiger partial charge in [0.05, 0.1) is 17.1 Å². The van der Waals surface area contributed by atoms with Gasteiger partial charge in [-0.05, 0) is 31.4 Å². The Labute approximate surface area is 137 Å². The first-order valence-corrected chi connectivity index (χ1v) is 9.87. The number of anilines is 1. The average molecular weight is 334 g/mol. The maximum atomic E-state index is 11.5. The number of sulfone groups is 1. The number of rotatable bonds is 2. The standard InChI is InChI=1S/C16H22N4O2S/c1-13-2-5-18-16(15(13)12-17)20-6-3-14(4-7-20)19-8-10-23(21,22)11-9-19/h2,5,14H,3-4,6-11H2,1H3. The van der Waals surface area contributed by atoms with E-state index in [1.807, 2.05) is 13.0 Å². The van der Waals surface area contributed by atoms with E-state index in [2.05, 4.69) is 20.9 Å². The van der Waals surface area contributed by atoms with Gasteiger partial charge in [-0.2, -0.15) is 5.26 Å². The first-order chi connectivity index (χ1) is 11.0. The van der Waals surface area contributed by atoms with E-state index in [1.165, 1.54) is 0 Å². The maximum absolute atomic E-state index is 11.5. The molecule has 3 rings (SSSR count). The number of aryl methyl sites for hydroxylation is 1. The molecule has 0 N–H and O–H groups in total. The smallest absolute Gasteiger partial charge is 0.152 e. The van der Waals surface area contributed by atoms with Crippen LogP contribution in [-0.4, -0.2) is 62.0 Å². The number of nitrogens with zero attached hydrogens (tertiary/aromatic N) is 4. The van der Waals surface area contributed by atoms with Crippen LogP contribution in [0.2, 0.25) is 0 Å². The van der Waals surface area contributed by atoms with Crippen LogP contribution in [-0.2, 0) is 9.84 Å². The zero-order valence-electron chi connectivity index (χ0n) is 13.4. The monoisotopic (exact) mass is 334 g/mol. The van der Waals surface area contributed by atoms with Crippen LogP contribution in [0.25, 0.3) is 0 Å². The van der Waals surface area contributed by atoms with Crippen molar-refractivity contribution in [1.29, 1.82) is 5.26 Å². The first kappa shape index (κ1) is 16.2. The Balaban J connectivity index is 1.63. The van der Waals surface area contributed by atoms with Gasteiger partial charge in [-0.25, -0.2) is 13.4 Å². The normalized spacial score (nSPS) is 22.7. The molecule has 6 nitrogen and oxygen atoms in total. The molecule has 1 aromatic rings. The van der Waals surface area contributed by atoms with Gasteiger partial charge in [0.15, 0.2) is 9.84 Å². The quantitative estimate of drug-likeness (QED) is 0.802. The van der Waals surface area contributed by atoms with Crippen molar-refractivity contribution in [1.82, 2.24) is 9.88 Å². The van der Waals surface area contributed by atoms with E-state index in [0.717, 1.165) is 37.3 Å². The third-order valence-corrected chi connectivity index (χ3v) is 6.52. The number of nitriles is 1. The van der Waals surface area contributed by atoms with Crippen molar-refractivity contribution < 1.29 is 8.42 Å². The molecule has 0 bridgehead atoms. The molecule has 0 aromatic carbocycles. The van der Waals surface area contributed by atoms with E-state index in [4.69, 9.17) is 0 Å². The zero-order valence-corrected chi connectivity index (χ0v) is 14.2. The zero-order chi connectivity index (χ0) is 16.4. The van der Waals surface area contributed by atoms with Crippen molar-refractivity contribution in [3.8, 4) is 6.07 Å². The molecule has 7 heteroatoms. The molecular formula is C16H22N4O2S. The molecule has 124 valence electrons. The van der Waals surface area contributed by atoms with Crippen molar-refractivity contribution in [3.63, 3.8) is 0 Å². The molecule has 0 aliphatic carbocycles. The molecule has 2 aliphatic heterocycles. The van der Waals surface area contributed by atoms with E-state index in [9.17, 15) is 13.7 Å². The lowest BCUT2D eigenvalue weighted by Crippen LogP contribution is -2.50. The second kappa shape index (κ2) is 6.46. The second-order valence-corrected chi connectivity index (χ2v) is 8.65. The SMILES string of the molecule is Cc1ccnc(N2CCC(N3CCS(=O)(=O)CC3)CC2)c1C#N. The van der Waals surface area contributed by atoms with Crippen molar-refractivity contribution >= 4 is 15.7 Å². The fourth-order valence-corrected chi connectivity index (χ4v) is 4.69. The van der Waals surface area contributed by atoms with Gasteiger partial charge < -0.3 is 4.90 Å². The Kier molecular flexibility index (Phi) is 4.55. The molecule has 0 saturated carbocycles. The average Bonchev–Trinajstić information content (AvgIpc) is 2.55. The summed E-state index contributed by atoms with van der Waals surface area (Å²) in [6, 6.07) is 4.57. The highest BCUT2D eigenvalue weighted by molar-refractivity contribution is 7.91. The van der Waals surface area contributed by atoms with Crippen molar-refractivity contribution in [3.05, 3.63) is 23.4 Å². The molecule has 1 aromatic heterocycles. The number of piperidine rings is 1. The molecule has 0 amide bonds. The highest BCUT2D eigenvalue weighted by Gasteiger charge is 2.30. The van der Waals surface area contributed by atoms with Crippen LogP contribution < -0.4 is 4.90 Å². The number of hydrogen-bond donors (Lipinski definition) is 0. The molecular weight excluding hydrogens is 312 g/mol. The molecule has 0 radical (unpaired) electrons. The molecule has 0 unspecified atom stereocenters. The molecule has 3 heterocycles. The van der Waals surface area contributed by atoms with Crippen molar-refractivity contribution in [2.24, 2.45) is 0 Å². The highest BCUT2D eigenvalue weighted by Crippen LogP contribution is 2.26. The van der Waals surface area contributed by atoms with Crippen LogP contribution in [0.1, 0.15) is 24.0 Å². The van der Waals surface area contributed by atoms with E-state index < -0.39 is 9.84 Å². The fraction of sp³-hybridized carbons (Fsp3) is 0.625. The summed E-state index contributed by atoms with van der Waals surface area (Å²) in [5.41, 5.74) is 1.62. The molecule has 2 fully saturated rings. The number of hydrogen-bond acceptors (Lipinski definition) is 6. The lowest BCUT2D eigenvalue weighted by Gasteiger charge is -2.40. The van der Waals surface area contributed by atoms with Gasteiger partial charge in [0.1, 0.15) is 11.9 Å². The summed E-state index contributed by atoms with van der Waals surface area (Å²) < 4.78 is 23.1. The Morgan fingerprint density at radius 2 is 1.87 bits per heavy atom. The van der Waals surface area contributed by atoms with Crippen LogP contribution >= 0.6 is 0 Å². The van der Waals surface area contributed by atoms with Gasteiger partial charge in [0.25, 0.3) is 0 Å².